The third kappa shape index (κ3) is 4.11. The van der Waals surface area contributed by atoms with Gasteiger partial charge >= 0.3 is 0 Å². The van der Waals surface area contributed by atoms with Gasteiger partial charge in [-0.15, -0.1) is 0 Å². The van der Waals surface area contributed by atoms with Crippen molar-refractivity contribution in [3.8, 4) is 0 Å². The van der Waals surface area contributed by atoms with E-state index in [1.54, 1.807) is 18.3 Å². The number of amides is 2. The Kier molecular flexibility index (Phi) is 5.88. The summed E-state index contributed by atoms with van der Waals surface area (Å²) in [6, 6.07) is 5.67. The molecular weight excluding hydrogens is 378 g/mol. The van der Waals surface area contributed by atoms with Crippen molar-refractivity contribution in [3.05, 3.63) is 30.1 Å². The molecule has 0 aliphatic heterocycles. The van der Waals surface area contributed by atoms with Crippen molar-refractivity contribution < 1.29 is 14.7 Å². The summed E-state index contributed by atoms with van der Waals surface area (Å²) in [5.41, 5.74) is 0.472. The molecule has 0 radical (unpaired) electrons. The van der Waals surface area contributed by atoms with Crippen LogP contribution < -0.4 is 10.6 Å². The SMILES string of the molecule is C[C@H]1[C@@H]2[C@@H](O)[C@H]([C@H](C)C(=O)NC3CC3)CC[C@@]2(C)CC[C@@H]1NC(=O)c1ccccn1. The molecule has 1 aromatic heterocycles. The van der Waals surface area contributed by atoms with Crippen molar-refractivity contribution in [1.29, 1.82) is 0 Å². The summed E-state index contributed by atoms with van der Waals surface area (Å²) in [4.78, 5) is 29.5. The predicted octanol–water partition coefficient (Wildman–Crippen LogP) is 2.92. The molecule has 3 aliphatic rings. The van der Waals surface area contributed by atoms with Crippen LogP contribution in [0.5, 0.6) is 0 Å². The molecule has 0 bridgehead atoms. The van der Waals surface area contributed by atoms with Crippen LogP contribution in [0.3, 0.4) is 0 Å². The van der Waals surface area contributed by atoms with Gasteiger partial charge in [-0.2, -0.15) is 0 Å². The Labute approximate surface area is 179 Å². The number of hydrogen-bond acceptors (Lipinski definition) is 4. The molecule has 1 heterocycles. The molecule has 4 rings (SSSR count). The normalized spacial score (nSPS) is 37.0. The van der Waals surface area contributed by atoms with Gasteiger partial charge in [-0.1, -0.05) is 26.8 Å². The molecule has 3 aliphatic carbocycles. The van der Waals surface area contributed by atoms with Crippen LogP contribution in [0.1, 0.15) is 69.8 Å². The molecule has 6 heteroatoms. The number of pyridine rings is 1. The first-order chi connectivity index (χ1) is 14.3. The van der Waals surface area contributed by atoms with Crippen molar-refractivity contribution >= 4 is 11.8 Å². The van der Waals surface area contributed by atoms with Crippen molar-refractivity contribution in [3.63, 3.8) is 0 Å². The van der Waals surface area contributed by atoms with Crippen LogP contribution in [0.25, 0.3) is 0 Å². The Balaban J connectivity index is 1.46. The minimum Gasteiger partial charge on any atom is -0.392 e. The summed E-state index contributed by atoms with van der Waals surface area (Å²) in [6.45, 7) is 6.38. The second kappa shape index (κ2) is 8.29. The van der Waals surface area contributed by atoms with E-state index in [9.17, 15) is 14.7 Å². The molecule has 1 aromatic rings. The largest absolute Gasteiger partial charge is 0.392 e. The summed E-state index contributed by atoms with van der Waals surface area (Å²) in [5.74, 6) is -0.109. The summed E-state index contributed by atoms with van der Waals surface area (Å²) >= 11 is 0. The third-order valence-corrected chi connectivity index (χ3v) is 8.08. The molecule has 2 amide bonds. The first-order valence-corrected chi connectivity index (χ1v) is 11.5. The van der Waals surface area contributed by atoms with Crippen LogP contribution in [0.15, 0.2) is 24.4 Å². The van der Waals surface area contributed by atoms with Gasteiger partial charge in [0.25, 0.3) is 5.91 Å². The zero-order chi connectivity index (χ0) is 21.5. The van der Waals surface area contributed by atoms with Gasteiger partial charge in [0.1, 0.15) is 5.69 Å². The Morgan fingerprint density at radius 3 is 2.57 bits per heavy atom. The number of aliphatic hydroxyl groups is 1. The van der Waals surface area contributed by atoms with Gasteiger partial charge in [0.2, 0.25) is 5.91 Å². The maximum Gasteiger partial charge on any atom is 0.270 e. The van der Waals surface area contributed by atoms with E-state index in [-0.39, 0.29) is 46.9 Å². The summed E-state index contributed by atoms with van der Waals surface area (Å²) in [6.07, 6.45) is 7.01. The average molecular weight is 414 g/mol. The zero-order valence-electron chi connectivity index (χ0n) is 18.3. The van der Waals surface area contributed by atoms with Gasteiger partial charge in [-0.25, -0.2) is 0 Å². The van der Waals surface area contributed by atoms with Crippen molar-refractivity contribution in [2.24, 2.45) is 29.1 Å². The quantitative estimate of drug-likeness (QED) is 0.692. The van der Waals surface area contributed by atoms with Gasteiger partial charge in [-0.3, -0.25) is 14.6 Å². The van der Waals surface area contributed by atoms with Crippen LogP contribution in [-0.2, 0) is 4.79 Å². The van der Waals surface area contributed by atoms with E-state index < -0.39 is 6.10 Å². The van der Waals surface area contributed by atoms with E-state index in [0.29, 0.717) is 11.7 Å². The number of rotatable bonds is 5. The van der Waals surface area contributed by atoms with E-state index in [2.05, 4.69) is 29.5 Å². The monoisotopic (exact) mass is 413 g/mol. The summed E-state index contributed by atoms with van der Waals surface area (Å²) in [5, 5.41) is 17.7. The van der Waals surface area contributed by atoms with Crippen LogP contribution in [0.2, 0.25) is 0 Å². The molecular formula is C24H35N3O3. The topological polar surface area (TPSA) is 91.3 Å². The molecule has 164 valence electrons. The van der Waals surface area contributed by atoms with Crippen molar-refractivity contribution in [2.75, 3.05) is 0 Å². The zero-order valence-corrected chi connectivity index (χ0v) is 18.3. The highest BCUT2D eigenvalue weighted by Gasteiger charge is 2.54. The van der Waals surface area contributed by atoms with Crippen molar-refractivity contribution in [1.82, 2.24) is 15.6 Å². The van der Waals surface area contributed by atoms with Crippen LogP contribution >= 0.6 is 0 Å². The lowest BCUT2D eigenvalue weighted by atomic mass is 9.51. The van der Waals surface area contributed by atoms with Crippen molar-refractivity contribution in [2.45, 2.75) is 77.5 Å². The smallest absolute Gasteiger partial charge is 0.270 e. The standard InChI is InChI=1S/C24H35N3O3/c1-14(22(29)26-16-7-8-16)17-9-11-24(3)12-10-18(15(2)20(24)21(17)28)27-23(30)19-6-4-5-13-25-19/h4-6,13-18,20-21,28H,7-12H2,1-3H3,(H,26,29)(H,27,30)/t14-,15+,17-,18-,20+,21-,24-/m0/s1. The molecule has 3 N–H and O–H groups in total. The maximum atomic E-state index is 12.7. The van der Waals surface area contributed by atoms with Crippen LogP contribution in [-0.4, -0.2) is 40.1 Å². The van der Waals surface area contributed by atoms with E-state index in [4.69, 9.17) is 0 Å². The predicted molar refractivity (Wildman–Crippen MR) is 115 cm³/mol. The average Bonchev–Trinajstić information content (AvgIpc) is 3.54. The fourth-order valence-electron chi connectivity index (χ4n) is 5.99. The Hall–Kier alpha value is -1.95. The Morgan fingerprint density at radius 2 is 1.90 bits per heavy atom. The van der Waals surface area contributed by atoms with Gasteiger partial charge in [-0.05, 0) is 73.8 Å². The molecule has 3 fully saturated rings. The first-order valence-electron chi connectivity index (χ1n) is 11.5. The van der Waals surface area contributed by atoms with E-state index in [1.807, 2.05) is 13.0 Å². The Bertz CT molecular complexity index is 781. The van der Waals surface area contributed by atoms with Gasteiger partial charge < -0.3 is 15.7 Å². The van der Waals surface area contributed by atoms with Gasteiger partial charge in [0.05, 0.1) is 6.10 Å². The number of nitrogens with zero attached hydrogens (tertiary/aromatic N) is 1. The van der Waals surface area contributed by atoms with Gasteiger partial charge in [0.15, 0.2) is 0 Å². The molecule has 0 unspecified atom stereocenters. The van der Waals surface area contributed by atoms with Crippen LogP contribution in [0.4, 0.5) is 0 Å². The number of carbonyl (C=O) groups excluding carboxylic acids is 2. The number of carbonyl (C=O) groups is 2. The fraction of sp³-hybridized carbons (Fsp3) is 0.708. The third-order valence-electron chi connectivity index (χ3n) is 8.08. The van der Waals surface area contributed by atoms with Gasteiger partial charge in [0, 0.05) is 24.2 Å². The van der Waals surface area contributed by atoms with E-state index in [1.165, 1.54) is 0 Å². The molecule has 3 saturated carbocycles. The molecule has 30 heavy (non-hydrogen) atoms. The second-order valence-electron chi connectivity index (χ2n) is 10.1. The molecule has 0 aromatic carbocycles. The number of aromatic nitrogens is 1. The lowest BCUT2D eigenvalue weighted by Gasteiger charge is -2.56. The number of hydrogen-bond donors (Lipinski definition) is 3. The number of aliphatic hydroxyl groups excluding tert-OH is 1. The summed E-state index contributed by atoms with van der Waals surface area (Å²) in [7, 11) is 0. The van der Waals surface area contributed by atoms with E-state index in [0.717, 1.165) is 38.5 Å². The fourth-order valence-corrected chi connectivity index (χ4v) is 5.99. The lowest BCUT2D eigenvalue weighted by molar-refractivity contribution is -0.142. The highest BCUT2D eigenvalue weighted by Crippen LogP contribution is 2.55. The van der Waals surface area contributed by atoms with E-state index >= 15 is 0 Å². The molecule has 0 saturated heterocycles. The molecule has 7 atom stereocenters. The molecule has 0 spiro atoms. The Morgan fingerprint density at radius 1 is 1.17 bits per heavy atom. The number of nitrogens with one attached hydrogen (secondary N) is 2. The number of fused-ring (bicyclic) bond motifs is 1. The second-order valence-corrected chi connectivity index (χ2v) is 10.1. The summed E-state index contributed by atoms with van der Waals surface area (Å²) < 4.78 is 0. The lowest BCUT2D eigenvalue weighted by Crippen LogP contribution is -2.58. The highest BCUT2D eigenvalue weighted by molar-refractivity contribution is 5.92. The molecule has 6 nitrogen and oxygen atoms in total. The minimum absolute atomic E-state index is 0.00146. The maximum absolute atomic E-state index is 12.7. The first kappa shape index (κ1) is 21.3. The minimum atomic E-state index is -0.534. The highest BCUT2D eigenvalue weighted by atomic mass is 16.3. The van der Waals surface area contributed by atoms with Crippen LogP contribution in [0, 0.1) is 29.1 Å².